The topological polar surface area (TPSA) is 35.5 Å². The molecule has 4 rings (SSSR count). The molecule has 0 aromatic carbocycles. The molecular formula is C15H18O3. The van der Waals surface area contributed by atoms with Crippen LogP contribution in [0.15, 0.2) is 23.3 Å². The molecule has 0 N–H and O–H groups in total. The quantitative estimate of drug-likeness (QED) is 0.486. The maximum absolute atomic E-state index is 12.4. The molecule has 4 aliphatic rings. The van der Waals surface area contributed by atoms with Gasteiger partial charge in [-0.1, -0.05) is 11.1 Å². The van der Waals surface area contributed by atoms with Gasteiger partial charge >= 0.3 is 5.97 Å². The van der Waals surface area contributed by atoms with E-state index in [0.717, 1.165) is 19.3 Å². The van der Waals surface area contributed by atoms with Crippen molar-refractivity contribution in [1.29, 1.82) is 0 Å². The van der Waals surface area contributed by atoms with Gasteiger partial charge in [-0.3, -0.25) is 4.79 Å². The summed E-state index contributed by atoms with van der Waals surface area (Å²) in [7, 11) is 0. The number of esters is 1. The van der Waals surface area contributed by atoms with Crippen molar-refractivity contribution in [2.24, 2.45) is 11.3 Å². The fourth-order valence-electron chi connectivity index (χ4n) is 4.51. The van der Waals surface area contributed by atoms with E-state index in [1.807, 2.05) is 0 Å². The SMILES string of the molecule is CC1=CC23C=C(C)CC(O2)C2COC(=O)C23CC1. The predicted octanol–water partition coefficient (Wildman–Crippen LogP) is 2.37. The number of rotatable bonds is 0. The zero-order valence-corrected chi connectivity index (χ0v) is 10.9. The van der Waals surface area contributed by atoms with Crippen LogP contribution in [-0.4, -0.2) is 24.3 Å². The van der Waals surface area contributed by atoms with Crippen LogP contribution in [0.25, 0.3) is 0 Å². The van der Waals surface area contributed by atoms with Crippen molar-refractivity contribution in [2.45, 2.75) is 44.8 Å². The summed E-state index contributed by atoms with van der Waals surface area (Å²) in [5, 5.41) is 0. The molecule has 4 unspecified atom stereocenters. The average molecular weight is 246 g/mol. The van der Waals surface area contributed by atoms with Crippen molar-refractivity contribution in [1.82, 2.24) is 0 Å². The van der Waals surface area contributed by atoms with Crippen LogP contribution in [0.2, 0.25) is 0 Å². The largest absolute Gasteiger partial charge is 0.465 e. The number of allylic oxidation sites excluding steroid dienone is 1. The van der Waals surface area contributed by atoms with Gasteiger partial charge in [-0.2, -0.15) is 0 Å². The first-order valence-electron chi connectivity index (χ1n) is 6.79. The van der Waals surface area contributed by atoms with Gasteiger partial charge in [-0.15, -0.1) is 0 Å². The summed E-state index contributed by atoms with van der Waals surface area (Å²) in [6.45, 7) is 4.82. The lowest BCUT2D eigenvalue weighted by Crippen LogP contribution is -2.50. The monoisotopic (exact) mass is 246 g/mol. The van der Waals surface area contributed by atoms with Crippen LogP contribution in [0.4, 0.5) is 0 Å². The standard InChI is InChI=1S/C15H18O3/c1-9-3-4-15-11(8-17-13(15)16)12-5-10(2)7-14(15,6-9)18-12/h6-7,11-12H,3-5,8H2,1-2H3. The minimum atomic E-state index is -0.513. The van der Waals surface area contributed by atoms with Crippen LogP contribution in [0.5, 0.6) is 0 Å². The average Bonchev–Trinajstić information content (AvgIpc) is 2.71. The van der Waals surface area contributed by atoms with E-state index < -0.39 is 11.0 Å². The molecule has 0 amide bonds. The minimum absolute atomic E-state index is 0.0373. The van der Waals surface area contributed by atoms with Crippen LogP contribution in [0.3, 0.4) is 0 Å². The zero-order valence-electron chi connectivity index (χ0n) is 10.9. The van der Waals surface area contributed by atoms with Crippen LogP contribution < -0.4 is 0 Å². The molecule has 2 fully saturated rings. The molecule has 2 saturated heterocycles. The molecule has 3 heteroatoms. The second-order valence-electron chi connectivity index (χ2n) is 6.31. The normalized spacial score (nSPS) is 49.1. The molecule has 0 aromatic heterocycles. The van der Waals surface area contributed by atoms with Gasteiger partial charge in [0.1, 0.15) is 11.0 Å². The third kappa shape index (κ3) is 0.993. The van der Waals surface area contributed by atoms with Crippen LogP contribution in [0.1, 0.15) is 33.1 Å². The highest BCUT2D eigenvalue weighted by atomic mass is 16.6. The summed E-state index contributed by atoms with van der Waals surface area (Å²) in [6.07, 6.45) is 7.31. The Hall–Kier alpha value is -1.09. The number of hydrogen-bond donors (Lipinski definition) is 0. The smallest absolute Gasteiger partial charge is 0.316 e. The summed E-state index contributed by atoms with van der Waals surface area (Å²) >= 11 is 0. The fourth-order valence-corrected chi connectivity index (χ4v) is 4.51. The molecule has 1 aliphatic carbocycles. The molecule has 2 bridgehead atoms. The first kappa shape index (κ1) is 10.8. The van der Waals surface area contributed by atoms with Gasteiger partial charge in [0.25, 0.3) is 0 Å². The first-order valence-corrected chi connectivity index (χ1v) is 6.79. The van der Waals surface area contributed by atoms with E-state index in [9.17, 15) is 4.79 Å². The Morgan fingerprint density at radius 2 is 2.06 bits per heavy atom. The Bertz CT molecular complexity index is 500. The Kier molecular flexibility index (Phi) is 1.85. The van der Waals surface area contributed by atoms with Gasteiger partial charge < -0.3 is 9.47 Å². The number of cyclic esters (lactones) is 1. The number of carbonyl (C=O) groups excluding carboxylic acids is 1. The van der Waals surface area contributed by atoms with Crippen LogP contribution in [-0.2, 0) is 14.3 Å². The third-order valence-electron chi connectivity index (χ3n) is 5.24. The summed E-state index contributed by atoms with van der Waals surface area (Å²) in [6, 6.07) is 0. The third-order valence-corrected chi connectivity index (χ3v) is 5.24. The molecule has 3 nitrogen and oxygen atoms in total. The zero-order chi connectivity index (χ0) is 12.5. The van der Waals surface area contributed by atoms with Crippen LogP contribution in [0, 0.1) is 11.3 Å². The number of ether oxygens (including phenoxy) is 2. The van der Waals surface area contributed by atoms with Crippen LogP contribution >= 0.6 is 0 Å². The summed E-state index contributed by atoms with van der Waals surface area (Å²) in [5.41, 5.74) is 1.72. The van der Waals surface area contributed by atoms with Crippen molar-refractivity contribution < 1.29 is 14.3 Å². The lowest BCUT2D eigenvalue weighted by molar-refractivity contribution is -0.155. The molecule has 2 spiro atoms. The van der Waals surface area contributed by atoms with Crippen molar-refractivity contribution in [3.8, 4) is 0 Å². The molecule has 0 saturated carbocycles. The number of hydrogen-bond acceptors (Lipinski definition) is 3. The molecule has 96 valence electrons. The molecule has 4 atom stereocenters. The fraction of sp³-hybridized carbons (Fsp3) is 0.667. The molecule has 3 aliphatic heterocycles. The Morgan fingerprint density at radius 1 is 1.28 bits per heavy atom. The Balaban J connectivity index is 1.99. The molecule has 3 heterocycles. The minimum Gasteiger partial charge on any atom is -0.465 e. The highest BCUT2D eigenvalue weighted by Gasteiger charge is 2.72. The maximum Gasteiger partial charge on any atom is 0.316 e. The van der Waals surface area contributed by atoms with E-state index in [0.29, 0.717) is 6.61 Å². The van der Waals surface area contributed by atoms with Gasteiger partial charge in [0.15, 0.2) is 0 Å². The van der Waals surface area contributed by atoms with Crippen molar-refractivity contribution in [3.05, 3.63) is 23.3 Å². The summed E-state index contributed by atoms with van der Waals surface area (Å²) in [4.78, 5) is 12.4. The van der Waals surface area contributed by atoms with E-state index in [4.69, 9.17) is 9.47 Å². The lowest BCUT2D eigenvalue weighted by atomic mass is 9.61. The molecular weight excluding hydrogens is 228 g/mol. The van der Waals surface area contributed by atoms with Crippen molar-refractivity contribution in [3.63, 3.8) is 0 Å². The highest BCUT2D eigenvalue weighted by Crippen LogP contribution is 2.63. The molecule has 0 radical (unpaired) electrons. The summed E-state index contributed by atoms with van der Waals surface area (Å²) in [5.74, 6) is 0.202. The van der Waals surface area contributed by atoms with E-state index in [1.54, 1.807) is 0 Å². The van der Waals surface area contributed by atoms with E-state index in [-0.39, 0.29) is 18.0 Å². The second-order valence-corrected chi connectivity index (χ2v) is 6.31. The second kappa shape index (κ2) is 3.08. The van der Waals surface area contributed by atoms with Gasteiger partial charge in [-0.25, -0.2) is 0 Å². The Labute approximate surface area is 107 Å². The molecule has 0 aromatic rings. The van der Waals surface area contributed by atoms with Gasteiger partial charge in [0.2, 0.25) is 0 Å². The van der Waals surface area contributed by atoms with E-state index in [1.165, 1.54) is 11.1 Å². The Morgan fingerprint density at radius 3 is 2.89 bits per heavy atom. The lowest BCUT2D eigenvalue weighted by Gasteiger charge is -2.42. The van der Waals surface area contributed by atoms with Gasteiger partial charge in [0.05, 0.1) is 12.7 Å². The van der Waals surface area contributed by atoms with Gasteiger partial charge in [-0.05, 0) is 45.3 Å². The van der Waals surface area contributed by atoms with Crippen molar-refractivity contribution in [2.75, 3.05) is 6.61 Å². The van der Waals surface area contributed by atoms with E-state index >= 15 is 0 Å². The maximum atomic E-state index is 12.4. The first-order chi connectivity index (χ1) is 8.57. The highest BCUT2D eigenvalue weighted by molar-refractivity contribution is 5.84. The molecule has 18 heavy (non-hydrogen) atoms. The predicted molar refractivity (Wildman–Crippen MR) is 65.9 cm³/mol. The number of fused-ring (bicyclic) bond motifs is 2. The van der Waals surface area contributed by atoms with E-state index in [2.05, 4.69) is 26.0 Å². The van der Waals surface area contributed by atoms with Crippen molar-refractivity contribution >= 4 is 5.97 Å². The summed E-state index contributed by atoms with van der Waals surface area (Å²) < 4.78 is 11.7. The number of carbonyl (C=O) groups is 1. The van der Waals surface area contributed by atoms with Gasteiger partial charge in [0, 0.05) is 5.92 Å².